The Kier molecular flexibility index (Phi) is 4.39. The molecule has 2 aromatic heterocycles. The van der Waals surface area contributed by atoms with Crippen LogP contribution < -0.4 is 10.1 Å². The van der Waals surface area contributed by atoms with Crippen molar-refractivity contribution < 1.29 is 9.53 Å². The van der Waals surface area contributed by atoms with Gasteiger partial charge in [0.25, 0.3) is 5.91 Å². The molecule has 4 rings (SSSR count). The van der Waals surface area contributed by atoms with Crippen LogP contribution in [0.4, 0.5) is 5.95 Å². The third kappa shape index (κ3) is 3.30. The first kappa shape index (κ1) is 17.3. The second kappa shape index (κ2) is 6.86. The molecule has 8 heteroatoms. The predicted octanol–water partition coefficient (Wildman–Crippen LogP) is 2.79. The molecule has 1 aliphatic rings. The molecule has 1 aromatic carbocycles. The summed E-state index contributed by atoms with van der Waals surface area (Å²) in [4.78, 5) is 21.3. The molecule has 3 heterocycles. The van der Waals surface area contributed by atoms with Crippen molar-refractivity contribution in [2.75, 3.05) is 12.4 Å². The summed E-state index contributed by atoms with van der Waals surface area (Å²) in [5, 5.41) is 7.30. The van der Waals surface area contributed by atoms with Crippen molar-refractivity contribution in [3.63, 3.8) is 0 Å². The van der Waals surface area contributed by atoms with E-state index in [-0.39, 0.29) is 17.9 Å². The van der Waals surface area contributed by atoms with Gasteiger partial charge in [-0.3, -0.25) is 10.1 Å². The number of benzene rings is 1. The van der Waals surface area contributed by atoms with Gasteiger partial charge in [-0.15, -0.1) is 5.10 Å². The Morgan fingerprint density at radius 2 is 2.07 bits per heavy atom. The zero-order valence-electron chi connectivity index (χ0n) is 15.6. The fourth-order valence-electron chi connectivity index (χ4n) is 3.58. The zero-order chi connectivity index (χ0) is 19.0. The van der Waals surface area contributed by atoms with E-state index in [0.717, 1.165) is 18.1 Å². The Hall–Kier alpha value is -3.16. The van der Waals surface area contributed by atoms with E-state index in [0.29, 0.717) is 23.8 Å². The normalized spacial score (nSPS) is 18.8. The smallest absolute Gasteiger partial charge is 0.258 e. The average molecular weight is 366 g/mol. The Morgan fingerprint density at radius 3 is 2.74 bits per heavy atom. The summed E-state index contributed by atoms with van der Waals surface area (Å²) in [6.07, 6.45) is 4.78. The summed E-state index contributed by atoms with van der Waals surface area (Å²) in [7, 11) is 1.59. The molecular weight excluding hydrogens is 344 g/mol. The number of hydrogen-bond donors (Lipinski definition) is 1. The van der Waals surface area contributed by atoms with Crippen molar-refractivity contribution in [2.24, 2.45) is 0 Å². The lowest BCUT2D eigenvalue weighted by atomic mass is 9.97. The Balaban J connectivity index is 1.52. The van der Waals surface area contributed by atoms with Crippen LogP contribution in [0.15, 0.2) is 36.7 Å². The molecule has 0 bridgehead atoms. The average Bonchev–Trinajstić information content (AvgIpc) is 3.27. The maximum absolute atomic E-state index is 12.5. The lowest BCUT2D eigenvalue weighted by Gasteiger charge is -2.28. The van der Waals surface area contributed by atoms with Crippen LogP contribution in [0.1, 0.15) is 47.3 Å². The van der Waals surface area contributed by atoms with Crippen molar-refractivity contribution in [2.45, 2.75) is 38.8 Å². The number of hydrogen-bond acceptors (Lipinski definition) is 5. The van der Waals surface area contributed by atoms with Crippen LogP contribution in [0.2, 0.25) is 0 Å². The highest BCUT2D eigenvalue weighted by molar-refractivity contribution is 6.03. The Labute approximate surface area is 157 Å². The number of nitrogens with one attached hydrogen (secondary N) is 1. The van der Waals surface area contributed by atoms with Gasteiger partial charge >= 0.3 is 0 Å². The minimum absolute atomic E-state index is 0.240. The number of carbonyl (C=O) groups excluding carboxylic acids is 1. The fourth-order valence-corrected chi connectivity index (χ4v) is 3.58. The third-order valence-corrected chi connectivity index (χ3v) is 4.98. The molecule has 0 aliphatic carbocycles. The molecule has 0 fully saturated rings. The van der Waals surface area contributed by atoms with Gasteiger partial charge in [0.15, 0.2) is 0 Å². The van der Waals surface area contributed by atoms with Gasteiger partial charge in [-0.1, -0.05) is 6.92 Å². The van der Waals surface area contributed by atoms with E-state index in [1.54, 1.807) is 31.4 Å². The van der Waals surface area contributed by atoms with E-state index in [2.05, 4.69) is 31.9 Å². The molecule has 0 radical (unpaired) electrons. The number of aromatic nitrogens is 5. The number of nitrogens with zero attached hydrogens (tertiary/aromatic N) is 5. The van der Waals surface area contributed by atoms with Gasteiger partial charge in [0.1, 0.15) is 17.4 Å². The quantitative estimate of drug-likeness (QED) is 0.767. The monoisotopic (exact) mass is 366 g/mol. The first-order chi connectivity index (χ1) is 13.0. The van der Waals surface area contributed by atoms with Gasteiger partial charge in [-0.05, 0) is 37.6 Å². The molecule has 1 amide bonds. The van der Waals surface area contributed by atoms with Crippen LogP contribution in [0.25, 0.3) is 0 Å². The molecule has 3 aromatic rings. The second-order valence-electron chi connectivity index (χ2n) is 6.83. The second-order valence-corrected chi connectivity index (χ2v) is 6.83. The van der Waals surface area contributed by atoms with E-state index in [4.69, 9.17) is 4.74 Å². The van der Waals surface area contributed by atoms with Crippen molar-refractivity contribution in [1.29, 1.82) is 0 Å². The van der Waals surface area contributed by atoms with Crippen LogP contribution >= 0.6 is 0 Å². The minimum Gasteiger partial charge on any atom is -0.497 e. The highest BCUT2D eigenvalue weighted by atomic mass is 16.5. The van der Waals surface area contributed by atoms with Gasteiger partial charge in [0, 0.05) is 23.9 Å². The van der Waals surface area contributed by atoms with Crippen molar-refractivity contribution in [3.05, 3.63) is 53.9 Å². The topological polar surface area (TPSA) is 86.9 Å². The van der Waals surface area contributed by atoms with Crippen LogP contribution in [0, 0.1) is 6.92 Å². The minimum atomic E-state index is -0.241. The SMILES string of the molecule is COc1ccc(C(=O)Nc2nc3n(n2)CC(n2ccnc2C)CC3C)cc1. The summed E-state index contributed by atoms with van der Waals surface area (Å²) < 4.78 is 9.19. The van der Waals surface area contributed by atoms with E-state index < -0.39 is 0 Å². The van der Waals surface area contributed by atoms with Gasteiger partial charge in [0.05, 0.1) is 19.7 Å². The maximum Gasteiger partial charge on any atom is 0.258 e. The van der Waals surface area contributed by atoms with Crippen LogP contribution in [0.5, 0.6) is 5.75 Å². The number of amides is 1. The molecule has 27 heavy (non-hydrogen) atoms. The van der Waals surface area contributed by atoms with E-state index >= 15 is 0 Å². The van der Waals surface area contributed by atoms with Crippen LogP contribution in [-0.4, -0.2) is 37.3 Å². The first-order valence-corrected chi connectivity index (χ1v) is 8.94. The molecule has 2 unspecified atom stereocenters. The summed E-state index contributed by atoms with van der Waals surface area (Å²) in [6, 6.07) is 7.21. The number of aryl methyl sites for hydroxylation is 1. The molecule has 140 valence electrons. The highest BCUT2D eigenvalue weighted by Gasteiger charge is 2.29. The van der Waals surface area contributed by atoms with Gasteiger partial charge in [0.2, 0.25) is 5.95 Å². The first-order valence-electron chi connectivity index (χ1n) is 8.94. The van der Waals surface area contributed by atoms with E-state index in [9.17, 15) is 4.79 Å². The maximum atomic E-state index is 12.5. The van der Waals surface area contributed by atoms with Crippen LogP contribution in [0.3, 0.4) is 0 Å². The van der Waals surface area contributed by atoms with Gasteiger partial charge < -0.3 is 9.30 Å². The van der Waals surface area contributed by atoms with Crippen molar-refractivity contribution >= 4 is 11.9 Å². The number of ether oxygens (including phenoxy) is 1. The van der Waals surface area contributed by atoms with Crippen molar-refractivity contribution in [1.82, 2.24) is 24.3 Å². The van der Waals surface area contributed by atoms with E-state index in [1.165, 1.54) is 0 Å². The number of rotatable bonds is 4. The molecule has 1 N–H and O–H groups in total. The molecule has 2 atom stereocenters. The molecule has 0 saturated heterocycles. The summed E-state index contributed by atoms with van der Waals surface area (Å²) in [5.74, 6) is 2.93. The van der Waals surface area contributed by atoms with Gasteiger partial charge in [-0.2, -0.15) is 4.98 Å². The number of imidazole rings is 1. The Morgan fingerprint density at radius 1 is 1.30 bits per heavy atom. The summed E-state index contributed by atoms with van der Waals surface area (Å²) in [6.45, 7) is 4.85. The Bertz CT molecular complexity index is 959. The number of fused-ring (bicyclic) bond motifs is 1. The standard InChI is InChI=1S/C19H22N6O2/c1-12-10-15(24-9-8-20-13(24)2)11-25-17(12)21-19(23-25)22-18(26)14-4-6-16(27-3)7-5-14/h4-9,12,15H,10-11H2,1-3H3,(H,22,23,26). The lowest BCUT2D eigenvalue weighted by Crippen LogP contribution is -2.26. The molecule has 1 aliphatic heterocycles. The largest absolute Gasteiger partial charge is 0.497 e. The zero-order valence-corrected chi connectivity index (χ0v) is 15.6. The fraction of sp³-hybridized carbons (Fsp3) is 0.368. The number of anilines is 1. The van der Waals surface area contributed by atoms with Gasteiger partial charge in [-0.25, -0.2) is 9.67 Å². The summed E-state index contributed by atoms with van der Waals surface area (Å²) >= 11 is 0. The van der Waals surface area contributed by atoms with Crippen LogP contribution in [-0.2, 0) is 6.54 Å². The predicted molar refractivity (Wildman–Crippen MR) is 100 cm³/mol. The van der Waals surface area contributed by atoms with E-state index in [1.807, 2.05) is 24.0 Å². The number of carbonyl (C=O) groups is 1. The molecular formula is C19H22N6O2. The third-order valence-electron chi connectivity index (χ3n) is 4.98. The molecule has 0 spiro atoms. The highest BCUT2D eigenvalue weighted by Crippen LogP contribution is 2.33. The van der Waals surface area contributed by atoms with Crippen molar-refractivity contribution in [3.8, 4) is 5.75 Å². The molecule has 8 nitrogen and oxygen atoms in total. The summed E-state index contributed by atoms with van der Waals surface area (Å²) in [5.41, 5.74) is 0.531. The lowest BCUT2D eigenvalue weighted by molar-refractivity contribution is 0.102. The molecule has 0 saturated carbocycles. The number of methoxy groups -OCH3 is 1.